The molecule has 2 amide bonds. The highest BCUT2D eigenvalue weighted by Gasteiger charge is 2.12. The molecule has 2 N–H and O–H groups in total. The summed E-state index contributed by atoms with van der Waals surface area (Å²) in [5.74, 6) is 0. The van der Waals surface area contributed by atoms with E-state index in [1.807, 2.05) is 45.0 Å². The van der Waals surface area contributed by atoms with Gasteiger partial charge in [-0.1, -0.05) is 24.3 Å². The minimum absolute atomic E-state index is 0.134. The summed E-state index contributed by atoms with van der Waals surface area (Å²) in [5.41, 5.74) is 1.94. The first-order chi connectivity index (χ1) is 9.46. The van der Waals surface area contributed by atoms with Gasteiger partial charge in [-0.05, 0) is 38.8 Å². The molecule has 2 rings (SSSR count). The summed E-state index contributed by atoms with van der Waals surface area (Å²) in [6.07, 6.45) is 2.57. The Morgan fingerprint density at radius 2 is 1.95 bits per heavy atom. The molecule has 0 atom stereocenters. The number of rotatable bonds is 3. The van der Waals surface area contributed by atoms with Gasteiger partial charge in [-0.2, -0.15) is 0 Å². The average Bonchev–Trinajstić information content (AvgIpc) is 2.37. The predicted octanol–water partition coefficient (Wildman–Crippen LogP) is 2.88. The molecule has 0 saturated heterocycles. The Morgan fingerprint density at radius 1 is 1.20 bits per heavy atom. The smallest absolute Gasteiger partial charge is 0.315 e. The van der Waals surface area contributed by atoms with Gasteiger partial charge in [0, 0.05) is 23.7 Å². The molecule has 0 aliphatic carbocycles. The zero-order valence-corrected chi connectivity index (χ0v) is 12.2. The van der Waals surface area contributed by atoms with Gasteiger partial charge in [-0.25, -0.2) is 4.79 Å². The van der Waals surface area contributed by atoms with Crippen molar-refractivity contribution in [3.05, 3.63) is 42.1 Å². The fourth-order valence-corrected chi connectivity index (χ4v) is 2.06. The summed E-state index contributed by atoms with van der Waals surface area (Å²) in [5, 5.41) is 6.88. The van der Waals surface area contributed by atoms with Crippen molar-refractivity contribution in [2.75, 3.05) is 6.54 Å². The number of amides is 2. The van der Waals surface area contributed by atoms with Gasteiger partial charge in [0.05, 0.1) is 5.52 Å². The van der Waals surface area contributed by atoms with Gasteiger partial charge in [0.15, 0.2) is 0 Å². The van der Waals surface area contributed by atoms with Gasteiger partial charge >= 0.3 is 6.03 Å². The van der Waals surface area contributed by atoms with Crippen LogP contribution in [0.4, 0.5) is 4.79 Å². The van der Waals surface area contributed by atoms with Gasteiger partial charge in [0.2, 0.25) is 0 Å². The maximum Gasteiger partial charge on any atom is 0.315 e. The van der Waals surface area contributed by atoms with E-state index in [1.54, 1.807) is 6.20 Å². The van der Waals surface area contributed by atoms with E-state index < -0.39 is 0 Å². The first-order valence-electron chi connectivity index (χ1n) is 6.84. The molecule has 1 aromatic carbocycles. The lowest BCUT2D eigenvalue weighted by Crippen LogP contribution is -2.46. The average molecular weight is 271 g/mol. The second-order valence-corrected chi connectivity index (χ2v) is 5.87. The highest BCUT2D eigenvalue weighted by atomic mass is 16.2. The number of carbonyl (C=O) groups excluding carboxylic acids is 1. The van der Waals surface area contributed by atoms with E-state index in [1.165, 1.54) is 0 Å². The standard InChI is InChI=1S/C16H21N3O/c1-16(2,3)19-15(20)18-11-9-13-7-4-6-12-8-5-10-17-14(12)13/h4-8,10H,9,11H2,1-3H3,(H2,18,19,20). The first kappa shape index (κ1) is 14.3. The van der Waals surface area contributed by atoms with E-state index in [9.17, 15) is 4.79 Å². The van der Waals surface area contributed by atoms with E-state index in [0.717, 1.165) is 22.9 Å². The monoisotopic (exact) mass is 271 g/mol. The van der Waals surface area contributed by atoms with Gasteiger partial charge in [0.1, 0.15) is 0 Å². The lowest BCUT2D eigenvalue weighted by atomic mass is 10.1. The Morgan fingerprint density at radius 3 is 2.70 bits per heavy atom. The number of nitrogens with zero attached hydrogens (tertiary/aromatic N) is 1. The van der Waals surface area contributed by atoms with Crippen LogP contribution in [0.25, 0.3) is 10.9 Å². The van der Waals surface area contributed by atoms with Crippen LogP contribution in [-0.4, -0.2) is 23.1 Å². The van der Waals surface area contributed by atoms with Gasteiger partial charge in [0.25, 0.3) is 0 Å². The highest BCUT2D eigenvalue weighted by molar-refractivity contribution is 5.81. The maximum absolute atomic E-state index is 11.7. The van der Waals surface area contributed by atoms with Crippen LogP contribution in [0, 0.1) is 0 Å². The third-order valence-corrected chi connectivity index (χ3v) is 2.88. The van der Waals surface area contributed by atoms with Crippen LogP contribution in [-0.2, 0) is 6.42 Å². The van der Waals surface area contributed by atoms with Crippen molar-refractivity contribution in [2.24, 2.45) is 0 Å². The molecule has 2 aromatic rings. The van der Waals surface area contributed by atoms with E-state index >= 15 is 0 Å². The van der Waals surface area contributed by atoms with Gasteiger partial charge < -0.3 is 10.6 Å². The summed E-state index contributed by atoms with van der Waals surface area (Å²) >= 11 is 0. The number of aromatic nitrogens is 1. The van der Waals surface area contributed by atoms with E-state index in [4.69, 9.17) is 0 Å². The molecule has 0 bridgehead atoms. The second kappa shape index (κ2) is 5.90. The Balaban J connectivity index is 1.95. The third-order valence-electron chi connectivity index (χ3n) is 2.88. The molecule has 4 nitrogen and oxygen atoms in total. The van der Waals surface area contributed by atoms with Crippen molar-refractivity contribution in [1.82, 2.24) is 15.6 Å². The zero-order chi connectivity index (χ0) is 14.6. The van der Waals surface area contributed by atoms with Crippen molar-refractivity contribution >= 4 is 16.9 Å². The summed E-state index contributed by atoms with van der Waals surface area (Å²) in [6.45, 7) is 6.47. The van der Waals surface area contributed by atoms with E-state index in [0.29, 0.717) is 6.54 Å². The molecular weight excluding hydrogens is 250 g/mol. The Bertz CT molecular complexity index is 597. The topological polar surface area (TPSA) is 54.0 Å². The summed E-state index contributed by atoms with van der Waals surface area (Å²) in [6, 6.07) is 9.97. The largest absolute Gasteiger partial charge is 0.338 e. The molecule has 0 aliphatic rings. The normalized spacial score (nSPS) is 11.3. The van der Waals surface area contributed by atoms with Crippen LogP contribution in [0.1, 0.15) is 26.3 Å². The zero-order valence-electron chi connectivity index (χ0n) is 12.2. The lowest BCUT2D eigenvalue weighted by Gasteiger charge is -2.20. The van der Waals surface area contributed by atoms with Crippen molar-refractivity contribution in [2.45, 2.75) is 32.7 Å². The Hall–Kier alpha value is -2.10. The number of hydrogen-bond acceptors (Lipinski definition) is 2. The van der Waals surface area contributed by atoms with Gasteiger partial charge in [-0.3, -0.25) is 4.98 Å². The van der Waals surface area contributed by atoms with Crippen molar-refractivity contribution in [3.8, 4) is 0 Å². The SMILES string of the molecule is CC(C)(C)NC(=O)NCCc1cccc2cccnc12. The lowest BCUT2D eigenvalue weighted by molar-refractivity contribution is 0.232. The molecule has 0 fully saturated rings. The van der Waals surface area contributed by atoms with Crippen LogP contribution in [0.5, 0.6) is 0 Å². The fraction of sp³-hybridized carbons (Fsp3) is 0.375. The molecule has 0 saturated carbocycles. The molecule has 4 heteroatoms. The number of pyridine rings is 1. The van der Waals surface area contributed by atoms with Gasteiger partial charge in [-0.15, -0.1) is 0 Å². The summed E-state index contributed by atoms with van der Waals surface area (Å²) in [4.78, 5) is 16.1. The Kier molecular flexibility index (Phi) is 4.23. The highest BCUT2D eigenvalue weighted by Crippen LogP contribution is 2.15. The molecule has 0 radical (unpaired) electrons. The summed E-state index contributed by atoms with van der Waals surface area (Å²) in [7, 11) is 0. The van der Waals surface area contributed by atoms with Crippen molar-refractivity contribution < 1.29 is 4.79 Å². The Labute approximate surface area is 119 Å². The maximum atomic E-state index is 11.7. The van der Waals surface area contributed by atoms with Crippen LogP contribution in [0.3, 0.4) is 0 Å². The quantitative estimate of drug-likeness (QED) is 0.902. The summed E-state index contributed by atoms with van der Waals surface area (Å²) < 4.78 is 0. The number of hydrogen-bond donors (Lipinski definition) is 2. The number of para-hydroxylation sites is 1. The second-order valence-electron chi connectivity index (χ2n) is 5.87. The number of urea groups is 1. The van der Waals surface area contributed by atoms with Crippen molar-refractivity contribution in [3.63, 3.8) is 0 Å². The van der Waals surface area contributed by atoms with Crippen molar-refractivity contribution in [1.29, 1.82) is 0 Å². The van der Waals surface area contributed by atoms with Crippen LogP contribution < -0.4 is 10.6 Å². The molecule has 0 unspecified atom stereocenters. The minimum Gasteiger partial charge on any atom is -0.338 e. The fourth-order valence-electron chi connectivity index (χ4n) is 2.06. The molecule has 106 valence electrons. The van der Waals surface area contributed by atoms with Crippen LogP contribution in [0.2, 0.25) is 0 Å². The number of fused-ring (bicyclic) bond motifs is 1. The van der Waals surface area contributed by atoms with Crippen LogP contribution in [0.15, 0.2) is 36.5 Å². The van der Waals surface area contributed by atoms with Crippen LogP contribution >= 0.6 is 0 Å². The van der Waals surface area contributed by atoms with E-state index in [-0.39, 0.29) is 11.6 Å². The molecule has 1 heterocycles. The molecule has 1 aromatic heterocycles. The number of nitrogens with one attached hydrogen (secondary N) is 2. The predicted molar refractivity (Wildman–Crippen MR) is 81.7 cm³/mol. The third kappa shape index (κ3) is 3.95. The molecular formula is C16H21N3O. The number of benzene rings is 1. The van der Waals surface area contributed by atoms with E-state index in [2.05, 4.69) is 21.7 Å². The molecule has 0 aliphatic heterocycles. The number of carbonyl (C=O) groups is 1. The molecule has 20 heavy (non-hydrogen) atoms. The minimum atomic E-state index is -0.217. The molecule has 0 spiro atoms. The first-order valence-corrected chi connectivity index (χ1v) is 6.84.